The van der Waals surface area contributed by atoms with E-state index in [1.54, 1.807) is 0 Å². The fourth-order valence-electron chi connectivity index (χ4n) is 3.06. The molecular weight excluding hydrogens is 262 g/mol. The highest BCUT2D eigenvalue weighted by Gasteiger charge is 2.20. The Labute approximate surface area is 125 Å². The predicted molar refractivity (Wildman–Crippen MR) is 88.8 cm³/mol. The third-order valence-electron chi connectivity index (χ3n) is 4.33. The molecule has 1 aliphatic rings. The van der Waals surface area contributed by atoms with Crippen LogP contribution in [0.2, 0.25) is 0 Å². The maximum absolute atomic E-state index is 10.6. The lowest BCUT2D eigenvalue weighted by atomic mass is 10.0. The summed E-state index contributed by atoms with van der Waals surface area (Å²) in [4.78, 5) is 6.81. The molecular formula is C17H23N3O. The molecule has 0 spiro atoms. The first-order chi connectivity index (χ1) is 10.1. The van der Waals surface area contributed by atoms with E-state index >= 15 is 0 Å². The van der Waals surface area contributed by atoms with Crippen molar-refractivity contribution in [2.45, 2.75) is 25.7 Å². The number of rotatable bonds is 2. The summed E-state index contributed by atoms with van der Waals surface area (Å²) >= 11 is 0. The number of hydrogen-bond acceptors (Lipinski definition) is 3. The summed E-state index contributed by atoms with van der Waals surface area (Å²) in [5.41, 5.74) is 4.19. The lowest BCUT2D eigenvalue weighted by molar-refractivity contribution is 0.434. The van der Waals surface area contributed by atoms with Crippen molar-refractivity contribution in [1.82, 2.24) is 4.57 Å². The van der Waals surface area contributed by atoms with Gasteiger partial charge in [0.2, 0.25) is 5.88 Å². The number of fused-ring (bicyclic) bond motifs is 1. The van der Waals surface area contributed by atoms with E-state index in [4.69, 9.17) is 4.99 Å². The standard InChI is InChI=1S/C17H23N3O/c1-19(2)12-8-9-15-13(11-12)16(17(21)20(15)3)14-7-5-4-6-10-18-14/h8-9,11,21H,4-7,10H2,1-3H3. The topological polar surface area (TPSA) is 40.8 Å². The summed E-state index contributed by atoms with van der Waals surface area (Å²) < 4.78 is 1.86. The number of aryl methyl sites for hydroxylation is 1. The molecule has 0 radical (unpaired) electrons. The van der Waals surface area contributed by atoms with Crippen molar-refractivity contribution >= 4 is 22.3 Å². The van der Waals surface area contributed by atoms with Crippen molar-refractivity contribution in [2.24, 2.45) is 12.0 Å². The highest BCUT2D eigenvalue weighted by molar-refractivity contribution is 6.13. The number of nitrogens with zero attached hydrogens (tertiary/aromatic N) is 3. The van der Waals surface area contributed by atoms with Gasteiger partial charge in [0.05, 0.1) is 11.1 Å². The Morgan fingerprint density at radius 1 is 1.19 bits per heavy atom. The average Bonchev–Trinajstić information content (AvgIpc) is 2.67. The summed E-state index contributed by atoms with van der Waals surface area (Å²) in [6.07, 6.45) is 4.49. The Kier molecular flexibility index (Phi) is 3.62. The first-order valence-corrected chi connectivity index (χ1v) is 7.62. The molecule has 2 aromatic rings. The Hall–Kier alpha value is -1.97. The quantitative estimate of drug-likeness (QED) is 0.919. The SMILES string of the molecule is CN(C)c1ccc2c(c1)c(C1=NCCCCC1)c(O)n2C. The number of benzene rings is 1. The predicted octanol–water partition coefficient (Wildman–Crippen LogP) is 3.31. The van der Waals surface area contributed by atoms with E-state index in [2.05, 4.69) is 23.1 Å². The van der Waals surface area contributed by atoms with Crippen LogP contribution < -0.4 is 4.90 Å². The van der Waals surface area contributed by atoms with E-state index in [0.717, 1.165) is 53.7 Å². The van der Waals surface area contributed by atoms with Gasteiger partial charge >= 0.3 is 0 Å². The minimum absolute atomic E-state index is 0.335. The zero-order valence-electron chi connectivity index (χ0n) is 13.1. The summed E-state index contributed by atoms with van der Waals surface area (Å²) in [6, 6.07) is 6.31. The maximum Gasteiger partial charge on any atom is 0.201 e. The monoisotopic (exact) mass is 285 g/mol. The number of aliphatic imine (C=N–C) groups is 1. The van der Waals surface area contributed by atoms with Crippen LogP contribution in [0.25, 0.3) is 10.9 Å². The van der Waals surface area contributed by atoms with Gasteiger partial charge in [-0.25, -0.2) is 0 Å². The zero-order valence-corrected chi connectivity index (χ0v) is 13.1. The Morgan fingerprint density at radius 3 is 2.76 bits per heavy atom. The molecule has 1 aliphatic heterocycles. The van der Waals surface area contributed by atoms with Crippen LogP contribution in [0.5, 0.6) is 5.88 Å². The first kappa shape index (κ1) is 14.0. The molecule has 1 aromatic heterocycles. The molecule has 0 saturated carbocycles. The molecule has 2 heterocycles. The van der Waals surface area contributed by atoms with Crippen molar-refractivity contribution < 1.29 is 5.11 Å². The van der Waals surface area contributed by atoms with E-state index in [-0.39, 0.29) is 0 Å². The van der Waals surface area contributed by atoms with E-state index in [9.17, 15) is 5.11 Å². The van der Waals surface area contributed by atoms with Crippen molar-refractivity contribution in [2.75, 3.05) is 25.5 Å². The van der Waals surface area contributed by atoms with Crippen LogP contribution in [0.3, 0.4) is 0 Å². The van der Waals surface area contributed by atoms with E-state index in [1.165, 1.54) is 6.42 Å². The highest BCUT2D eigenvalue weighted by Crippen LogP contribution is 2.34. The smallest absolute Gasteiger partial charge is 0.201 e. The second-order valence-electron chi connectivity index (χ2n) is 5.99. The van der Waals surface area contributed by atoms with Crippen LogP contribution in [0.1, 0.15) is 31.2 Å². The van der Waals surface area contributed by atoms with Crippen molar-refractivity contribution in [1.29, 1.82) is 0 Å². The molecule has 1 aromatic carbocycles. The third kappa shape index (κ3) is 2.39. The second kappa shape index (κ2) is 5.43. The summed E-state index contributed by atoms with van der Waals surface area (Å²) in [5.74, 6) is 0.335. The van der Waals surface area contributed by atoms with Gasteiger partial charge < -0.3 is 14.6 Å². The molecule has 4 nitrogen and oxygen atoms in total. The number of aromatic nitrogens is 1. The van der Waals surface area contributed by atoms with Gasteiger partial charge in [-0.2, -0.15) is 0 Å². The first-order valence-electron chi connectivity index (χ1n) is 7.62. The van der Waals surface area contributed by atoms with Gasteiger partial charge in [-0.05, 0) is 37.5 Å². The lowest BCUT2D eigenvalue weighted by Gasteiger charge is -2.12. The van der Waals surface area contributed by atoms with Crippen molar-refractivity contribution in [3.05, 3.63) is 23.8 Å². The third-order valence-corrected chi connectivity index (χ3v) is 4.33. The second-order valence-corrected chi connectivity index (χ2v) is 5.99. The van der Waals surface area contributed by atoms with E-state index < -0.39 is 0 Å². The molecule has 0 aliphatic carbocycles. The summed E-state index contributed by atoms with van der Waals surface area (Å²) in [5, 5.41) is 11.7. The Morgan fingerprint density at radius 2 is 2.00 bits per heavy atom. The van der Waals surface area contributed by atoms with Gasteiger partial charge in [-0.1, -0.05) is 6.42 Å². The lowest BCUT2D eigenvalue weighted by Crippen LogP contribution is -2.08. The molecule has 0 amide bonds. The molecule has 0 saturated heterocycles. The summed E-state index contributed by atoms with van der Waals surface area (Å²) in [6.45, 7) is 0.874. The van der Waals surface area contributed by atoms with Crippen LogP contribution in [-0.4, -0.2) is 36.0 Å². The van der Waals surface area contributed by atoms with Gasteiger partial charge in [-0.15, -0.1) is 0 Å². The van der Waals surface area contributed by atoms with E-state index in [0.29, 0.717) is 5.88 Å². The fourth-order valence-corrected chi connectivity index (χ4v) is 3.06. The Bertz CT molecular complexity index is 698. The largest absolute Gasteiger partial charge is 0.494 e. The molecule has 1 N–H and O–H groups in total. The average molecular weight is 285 g/mol. The van der Waals surface area contributed by atoms with Crippen LogP contribution in [0, 0.1) is 0 Å². The molecule has 21 heavy (non-hydrogen) atoms. The van der Waals surface area contributed by atoms with Crippen LogP contribution in [-0.2, 0) is 7.05 Å². The van der Waals surface area contributed by atoms with Crippen molar-refractivity contribution in [3.63, 3.8) is 0 Å². The molecule has 0 atom stereocenters. The van der Waals surface area contributed by atoms with Crippen molar-refractivity contribution in [3.8, 4) is 5.88 Å². The highest BCUT2D eigenvalue weighted by atomic mass is 16.3. The van der Waals surface area contributed by atoms with Crippen LogP contribution in [0.15, 0.2) is 23.2 Å². The maximum atomic E-state index is 10.6. The number of anilines is 1. The normalized spacial score (nSPS) is 15.9. The Balaban J connectivity index is 2.22. The fraction of sp³-hybridized carbons (Fsp3) is 0.471. The summed E-state index contributed by atoms with van der Waals surface area (Å²) in [7, 11) is 5.98. The molecule has 0 bridgehead atoms. The number of aromatic hydroxyl groups is 1. The molecule has 0 fully saturated rings. The van der Waals surface area contributed by atoms with Gasteiger partial charge in [0.25, 0.3) is 0 Å². The molecule has 4 heteroatoms. The van der Waals surface area contributed by atoms with E-state index in [1.807, 2.05) is 25.7 Å². The van der Waals surface area contributed by atoms with Crippen LogP contribution in [0.4, 0.5) is 5.69 Å². The molecule has 0 unspecified atom stereocenters. The van der Waals surface area contributed by atoms with Gasteiger partial charge in [0, 0.05) is 44.5 Å². The molecule has 112 valence electrons. The van der Waals surface area contributed by atoms with Gasteiger partial charge in [0.1, 0.15) is 0 Å². The zero-order chi connectivity index (χ0) is 15.0. The minimum atomic E-state index is 0.335. The number of hydrogen-bond donors (Lipinski definition) is 1. The molecule has 3 rings (SSSR count). The van der Waals surface area contributed by atoms with Crippen LogP contribution >= 0.6 is 0 Å². The van der Waals surface area contributed by atoms with Gasteiger partial charge in [0.15, 0.2) is 0 Å². The van der Waals surface area contributed by atoms with Gasteiger partial charge in [-0.3, -0.25) is 4.99 Å². The minimum Gasteiger partial charge on any atom is -0.494 e.